The fourth-order valence-electron chi connectivity index (χ4n) is 2.63. The van der Waals surface area contributed by atoms with Crippen molar-refractivity contribution in [3.8, 4) is 11.5 Å². The van der Waals surface area contributed by atoms with Gasteiger partial charge in [0.1, 0.15) is 11.5 Å². The van der Waals surface area contributed by atoms with Gasteiger partial charge in [-0.15, -0.1) is 0 Å². The zero-order valence-electron chi connectivity index (χ0n) is 18.2. The molecule has 0 aliphatic heterocycles. The Hall–Kier alpha value is -2.78. The van der Waals surface area contributed by atoms with Crippen molar-refractivity contribution < 1.29 is 28.6 Å². The Kier molecular flexibility index (Phi) is 11.5. The quantitative estimate of drug-likeness (QED) is 0.229. The smallest absolute Gasteiger partial charge is 0.492 e. The first-order valence-corrected chi connectivity index (χ1v) is 11.6. The van der Waals surface area contributed by atoms with Gasteiger partial charge in [-0.1, -0.05) is 27.5 Å². The number of benzene rings is 2. The van der Waals surface area contributed by atoms with E-state index in [1.54, 1.807) is 31.2 Å². The number of hydrogen-bond donors (Lipinski definition) is 2. The number of ether oxygens (including phenoxy) is 3. The number of rotatable bonds is 12. The third-order valence-corrected chi connectivity index (χ3v) is 5.03. The summed E-state index contributed by atoms with van der Waals surface area (Å²) in [6, 6.07) is 11.5. The first-order valence-electron chi connectivity index (χ1n) is 10.5. The lowest BCUT2D eigenvalue weighted by molar-refractivity contribution is -0.121. The Labute approximate surface area is 206 Å². The van der Waals surface area contributed by atoms with Crippen LogP contribution in [0.15, 0.2) is 46.9 Å². The molecule has 0 spiro atoms. The second-order valence-corrected chi connectivity index (χ2v) is 8.12. The third-order valence-electron chi connectivity index (χ3n) is 4.24. The van der Waals surface area contributed by atoms with Crippen LogP contribution in [-0.2, 0) is 9.53 Å². The van der Waals surface area contributed by atoms with Crippen LogP contribution in [0.3, 0.4) is 0 Å². The van der Waals surface area contributed by atoms with Crippen LogP contribution in [0.1, 0.15) is 36.5 Å². The first kappa shape index (κ1) is 26.5. The van der Waals surface area contributed by atoms with Gasteiger partial charge in [-0.05, 0) is 62.2 Å². The number of amides is 2. The highest BCUT2D eigenvalue weighted by atomic mass is 79.9. The third kappa shape index (κ3) is 10.1. The van der Waals surface area contributed by atoms with E-state index in [2.05, 4.69) is 31.3 Å². The van der Waals surface area contributed by atoms with E-state index >= 15 is 0 Å². The van der Waals surface area contributed by atoms with Crippen molar-refractivity contribution in [3.05, 3.63) is 57.5 Å². The second kappa shape index (κ2) is 14.4. The van der Waals surface area contributed by atoms with Gasteiger partial charge in [0.25, 0.3) is 5.91 Å². The van der Waals surface area contributed by atoms with Crippen molar-refractivity contribution in [2.45, 2.75) is 26.2 Å². The van der Waals surface area contributed by atoms with E-state index in [9.17, 15) is 14.4 Å². The summed E-state index contributed by atoms with van der Waals surface area (Å²) in [4.78, 5) is 35.3. The number of nitrogens with one attached hydrogen (secondary N) is 2. The molecule has 0 saturated heterocycles. The fraction of sp³-hybridized carbons (Fsp3) is 0.348. The Morgan fingerprint density at radius 3 is 2.42 bits per heavy atom. The van der Waals surface area contributed by atoms with Crippen molar-refractivity contribution >= 4 is 45.5 Å². The largest absolute Gasteiger partial charge is 0.513 e. The highest BCUT2D eigenvalue weighted by Crippen LogP contribution is 2.27. The summed E-state index contributed by atoms with van der Waals surface area (Å²) in [6.07, 6.45) is 0.691. The van der Waals surface area contributed by atoms with Gasteiger partial charge in [-0.3, -0.25) is 9.59 Å². The molecule has 2 amide bonds. The van der Waals surface area contributed by atoms with E-state index in [4.69, 9.17) is 21.1 Å². The first-order chi connectivity index (χ1) is 15.9. The van der Waals surface area contributed by atoms with Crippen molar-refractivity contribution in [1.82, 2.24) is 10.6 Å². The van der Waals surface area contributed by atoms with Crippen molar-refractivity contribution in [3.63, 3.8) is 0 Å². The van der Waals surface area contributed by atoms with Crippen LogP contribution in [0.2, 0.25) is 5.02 Å². The molecule has 0 aromatic heterocycles. The molecule has 8 nitrogen and oxygen atoms in total. The zero-order chi connectivity index (χ0) is 24.1. The van der Waals surface area contributed by atoms with Crippen LogP contribution < -0.4 is 20.1 Å². The summed E-state index contributed by atoms with van der Waals surface area (Å²) < 4.78 is 16.1. The van der Waals surface area contributed by atoms with Crippen molar-refractivity contribution in [2.75, 3.05) is 26.3 Å². The van der Waals surface area contributed by atoms with Gasteiger partial charge in [0, 0.05) is 29.5 Å². The minimum atomic E-state index is -0.793. The molecular formula is C23H26BrClN2O6. The minimum Gasteiger partial charge on any atom is -0.492 e. The molecule has 0 heterocycles. The number of hydrogen-bond acceptors (Lipinski definition) is 6. The Balaban J connectivity index is 1.55. The molecule has 0 aliphatic carbocycles. The maximum atomic E-state index is 12.2. The van der Waals surface area contributed by atoms with E-state index in [1.165, 1.54) is 12.1 Å². The Morgan fingerprint density at radius 2 is 1.73 bits per heavy atom. The molecule has 0 saturated carbocycles. The predicted octanol–water partition coefficient (Wildman–Crippen LogP) is 4.73. The Bertz CT molecular complexity index is 939. The molecule has 0 unspecified atom stereocenters. The van der Waals surface area contributed by atoms with Crippen LogP contribution in [0.5, 0.6) is 11.5 Å². The summed E-state index contributed by atoms with van der Waals surface area (Å²) in [5, 5.41) is 6.10. The SMILES string of the molecule is CCOC(=O)Oc1ccc(C(=O)NCCCNC(=O)CCCOc2ccc(Br)cc2Cl)cc1. The van der Waals surface area contributed by atoms with Crippen LogP contribution >= 0.6 is 27.5 Å². The normalized spacial score (nSPS) is 10.3. The maximum absolute atomic E-state index is 12.2. The molecule has 178 valence electrons. The molecule has 0 fully saturated rings. The van der Waals surface area contributed by atoms with E-state index in [-0.39, 0.29) is 24.2 Å². The van der Waals surface area contributed by atoms with E-state index in [0.29, 0.717) is 55.3 Å². The van der Waals surface area contributed by atoms with Crippen molar-refractivity contribution in [1.29, 1.82) is 0 Å². The van der Waals surface area contributed by atoms with Gasteiger partial charge in [-0.25, -0.2) is 4.79 Å². The summed E-state index contributed by atoms with van der Waals surface area (Å²) >= 11 is 9.41. The topological polar surface area (TPSA) is 103 Å². The molecule has 0 bridgehead atoms. The van der Waals surface area contributed by atoms with Gasteiger partial charge in [0.15, 0.2) is 0 Å². The zero-order valence-corrected chi connectivity index (χ0v) is 20.5. The van der Waals surface area contributed by atoms with Gasteiger partial charge in [-0.2, -0.15) is 0 Å². The average Bonchev–Trinajstić information content (AvgIpc) is 2.78. The van der Waals surface area contributed by atoms with E-state index < -0.39 is 6.16 Å². The van der Waals surface area contributed by atoms with Crippen LogP contribution in [0, 0.1) is 0 Å². The fourth-order valence-corrected chi connectivity index (χ4v) is 3.36. The molecular weight excluding hydrogens is 516 g/mol. The minimum absolute atomic E-state index is 0.0796. The predicted molar refractivity (Wildman–Crippen MR) is 128 cm³/mol. The number of halogens is 2. The number of carbonyl (C=O) groups is 3. The van der Waals surface area contributed by atoms with Gasteiger partial charge in [0.05, 0.1) is 18.2 Å². The van der Waals surface area contributed by atoms with Crippen LogP contribution in [0.4, 0.5) is 4.79 Å². The summed E-state index contributed by atoms with van der Waals surface area (Å²) in [7, 11) is 0. The van der Waals surface area contributed by atoms with E-state index in [0.717, 1.165) is 4.47 Å². The molecule has 2 N–H and O–H groups in total. The summed E-state index contributed by atoms with van der Waals surface area (Å²) in [5.41, 5.74) is 0.432. The van der Waals surface area contributed by atoms with Crippen molar-refractivity contribution in [2.24, 2.45) is 0 Å². The highest BCUT2D eigenvalue weighted by Gasteiger charge is 2.08. The van der Waals surface area contributed by atoms with E-state index in [1.807, 2.05) is 6.07 Å². The molecule has 10 heteroatoms. The molecule has 2 aromatic rings. The highest BCUT2D eigenvalue weighted by molar-refractivity contribution is 9.10. The maximum Gasteiger partial charge on any atom is 0.513 e. The van der Waals surface area contributed by atoms with Crippen LogP contribution in [-0.4, -0.2) is 44.3 Å². The van der Waals surface area contributed by atoms with Gasteiger partial charge in [0.2, 0.25) is 5.91 Å². The van der Waals surface area contributed by atoms with Gasteiger partial charge < -0.3 is 24.8 Å². The number of carbonyl (C=O) groups excluding carboxylic acids is 3. The van der Waals surface area contributed by atoms with Gasteiger partial charge >= 0.3 is 6.16 Å². The standard InChI is InChI=1S/C23H26BrClN2O6/c1-2-31-23(30)33-18-9-6-16(7-10-18)22(29)27-13-4-12-26-21(28)5-3-14-32-20-11-8-17(24)15-19(20)25/h6-11,15H,2-5,12-14H2,1H3,(H,26,28)(H,27,29). The second-order valence-electron chi connectivity index (χ2n) is 6.80. The molecule has 2 aromatic carbocycles. The molecule has 0 atom stereocenters. The van der Waals surface area contributed by atoms with Crippen LogP contribution in [0.25, 0.3) is 0 Å². The summed E-state index contributed by atoms with van der Waals surface area (Å²) in [5.74, 6) is 0.534. The lowest BCUT2D eigenvalue weighted by Gasteiger charge is -2.09. The Morgan fingerprint density at radius 1 is 1.00 bits per heavy atom. The lowest BCUT2D eigenvalue weighted by atomic mass is 10.2. The molecule has 33 heavy (non-hydrogen) atoms. The summed E-state index contributed by atoms with van der Waals surface area (Å²) in [6.45, 7) is 3.14. The lowest BCUT2D eigenvalue weighted by Crippen LogP contribution is -2.29. The molecule has 0 aliphatic rings. The molecule has 0 radical (unpaired) electrons. The molecule has 2 rings (SSSR count). The monoisotopic (exact) mass is 540 g/mol. The average molecular weight is 542 g/mol.